The Bertz CT molecular complexity index is 566. The SMILES string of the molecule is Cc1cc(C)c(C)c(Oc2cnccc2CCl)c1. The molecule has 3 heteroatoms. The van der Waals surface area contributed by atoms with Crippen LogP contribution in [0, 0.1) is 20.8 Å². The van der Waals surface area contributed by atoms with Gasteiger partial charge in [-0.15, -0.1) is 11.6 Å². The van der Waals surface area contributed by atoms with E-state index in [4.69, 9.17) is 16.3 Å². The van der Waals surface area contributed by atoms with Gasteiger partial charge in [-0.1, -0.05) is 6.07 Å². The lowest BCUT2D eigenvalue weighted by Gasteiger charge is -2.13. The standard InChI is InChI=1S/C15H16ClNO/c1-10-6-11(2)12(3)14(7-10)18-15-9-17-5-4-13(15)8-16/h4-7,9H,8H2,1-3H3. The first-order valence-electron chi connectivity index (χ1n) is 5.86. The van der Waals surface area contributed by atoms with E-state index in [2.05, 4.69) is 31.8 Å². The summed E-state index contributed by atoms with van der Waals surface area (Å²) in [5.74, 6) is 2.01. The van der Waals surface area contributed by atoms with Gasteiger partial charge in [-0.05, 0) is 49.6 Å². The minimum Gasteiger partial charge on any atom is -0.455 e. The largest absolute Gasteiger partial charge is 0.455 e. The fourth-order valence-electron chi connectivity index (χ4n) is 1.84. The van der Waals surface area contributed by atoms with Crippen LogP contribution in [0.3, 0.4) is 0 Å². The van der Waals surface area contributed by atoms with Crippen molar-refractivity contribution in [3.05, 3.63) is 52.8 Å². The number of hydrogen-bond acceptors (Lipinski definition) is 2. The highest BCUT2D eigenvalue weighted by Gasteiger charge is 2.08. The number of rotatable bonds is 3. The Balaban J connectivity index is 2.40. The lowest BCUT2D eigenvalue weighted by molar-refractivity contribution is 0.471. The first-order valence-corrected chi connectivity index (χ1v) is 6.40. The number of pyridine rings is 1. The predicted molar refractivity (Wildman–Crippen MR) is 74.5 cm³/mol. The minimum absolute atomic E-state index is 0.418. The van der Waals surface area contributed by atoms with Gasteiger partial charge in [0.15, 0.2) is 0 Å². The molecule has 0 aliphatic carbocycles. The molecule has 0 radical (unpaired) electrons. The van der Waals surface area contributed by atoms with Gasteiger partial charge in [0.25, 0.3) is 0 Å². The van der Waals surface area contributed by atoms with E-state index in [0.717, 1.165) is 22.6 Å². The lowest BCUT2D eigenvalue weighted by Crippen LogP contribution is -1.95. The van der Waals surface area contributed by atoms with E-state index >= 15 is 0 Å². The molecule has 2 nitrogen and oxygen atoms in total. The third-order valence-corrected chi connectivity index (χ3v) is 3.29. The fourth-order valence-corrected chi connectivity index (χ4v) is 2.06. The summed E-state index contributed by atoms with van der Waals surface area (Å²) in [7, 11) is 0. The highest BCUT2D eigenvalue weighted by atomic mass is 35.5. The molecule has 0 unspecified atom stereocenters. The quantitative estimate of drug-likeness (QED) is 0.757. The number of ether oxygens (including phenoxy) is 1. The summed E-state index contributed by atoms with van der Waals surface area (Å²) < 4.78 is 5.95. The van der Waals surface area contributed by atoms with Gasteiger partial charge in [0.05, 0.1) is 12.1 Å². The summed E-state index contributed by atoms with van der Waals surface area (Å²) in [4.78, 5) is 4.08. The molecule has 0 N–H and O–H groups in total. The van der Waals surface area contributed by atoms with E-state index in [1.54, 1.807) is 12.4 Å². The van der Waals surface area contributed by atoms with Crippen LogP contribution >= 0.6 is 11.6 Å². The number of aromatic nitrogens is 1. The Morgan fingerprint density at radius 3 is 2.67 bits per heavy atom. The molecule has 94 valence electrons. The van der Waals surface area contributed by atoms with E-state index in [1.807, 2.05) is 12.1 Å². The van der Waals surface area contributed by atoms with Gasteiger partial charge in [-0.25, -0.2) is 0 Å². The summed E-state index contributed by atoms with van der Waals surface area (Å²) in [5.41, 5.74) is 4.50. The van der Waals surface area contributed by atoms with Crippen molar-refractivity contribution < 1.29 is 4.74 Å². The number of alkyl halides is 1. The van der Waals surface area contributed by atoms with Crippen LogP contribution in [0.2, 0.25) is 0 Å². The molecular formula is C15H16ClNO. The van der Waals surface area contributed by atoms with E-state index < -0.39 is 0 Å². The average Bonchev–Trinajstić information content (AvgIpc) is 2.36. The zero-order valence-electron chi connectivity index (χ0n) is 10.8. The Labute approximate surface area is 113 Å². The van der Waals surface area contributed by atoms with Crippen molar-refractivity contribution >= 4 is 11.6 Å². The van der Waals surface area contributed by atoms with E-state index in [0.29, 0.717) is 5.88 Å². The normalized spacial score (nSPS) is 10.4. The van der Waals surface area contributed by atoms with Crippen molar-refractivity contribution in [3.63, 3.8) is 0 Å². The summed E-state index contributed by atoms with van der Waals surface area (Å²) >= 11 is 5.89. The third-order valence-electron chi connectivity index (χ3n) is 3.00. The highest BCUT2D eigenvalue weighted by molar-refractivity contribution is 6.17. The van der Waals surface area contributed by atoms with E-state index in [1.165, 1.54) is 11.1 Å². The molecule has 0 atom stereocenters. The predicted octanol–water partition coefficient (Wildman–Crippen LogP) is 4.54. The number of halogens is 1. The first-order chi connectivity index (χ1) is 8.61. The smallest absolute Gasteiger partial charge is 0.150 e. The van der Waals surface area contributed by atoms with Crippen molar-refractivity contribution in [1.82, 2.24) is 4.98 Å². The molecule has 0 aliphatic rings. The Hall–Kier alpha value is -1.54. The van der Waals surface area contributed by atoms with Crippen LogP contribution in [0.15, 0.2) is 30.6 Å². The molecule has 1 aromatic heterocycles. The van der Waals surface area contributed by atoms with E-state index in [-0.39, 0.29) is 0 Å². The molecule has 2 rings (SSSR count). The number of aryl methyl sites for hydroxylation is 2. The van der Waals surface area contributed by atoms with Crippen molar-refractivity contribution in [3.8, 4) is 11.5 Å². The van der Waals surface area contributed by atoms with Crippen molar-refractivity contribution in [1.29, 1.82) is 0 Å². The molecule has 0 saturated heterocycles. The second kappa shape index (κ2) is 5.40. The Morgan fingerprint density at radius 2 is 1.94 bits per heavy atom. The van der Waals surface area contributed by atoms with Crippen LogP contribution in [-0.4, -0.2) is 4.98 Å². The van der Waals surface area contributed by atoms with Gasteiger partial charge in [0.2, 0.25) is 0 Å². The zero-order valence-corrected chi connectivity index (χ0v) is 11.6. The summed E-state index contributed by atoms with van der Waals surface area (Å²) in [6.45, 7) is 6.20. The van der Waals surface area contributed by atoms with Crippen LogP contribution in [0.4, 0.5) is 0 Å². The third kappa shape index (κ3) is 2.65. The molecule has 18 heavy (non-hydrogen) atoms. The van der Waals surface area contributed by atoms with Gasteiger partial charge in [0, 0.05) is 11.8 Å². The molecule has 2 aromatic rings. The second-order valence-corrected chi connectivity index (χ2v) is 4.69. The number of hydrogen-bond donors (Lipinski definition) is 0. The monoisotopic (exact) mass is 261 g/mol. The van der Waals surface area contributed by atoms with Crippen LogP contribution in [0.5, 0.6) is 11.5 Å². The first kappa shape index (κ1) is 12.9. The summed E-state index contributed by atoms with van der Waals surface area (Å²) in [5, 5.41) is 0. The maximum atomic E-state index is 5.95. The van der Waals surface area contributed by atoms with Crippen molar-refractivity contribution in [2.24, 2.45) is 0 Å². The van der Waals surface area contributed by atoms with Gasteiger partial charge in [-0.3, -0.25) is 4.98 Å². The van der Waals surface area contributed by atoms with Crippen LogP contribution < -0.4 is 4.74 Å². The fraction of sp³-hybridized carbons (Fsp3) is 0.267. The van der Waals surface area contributed by atoms with Crippen molar-refractivity contribution in [2.75, 3.05) is 0 Å². The summed E-state index contributed by atoms with van der Waals surface area (Å²) in [6, 6.07) is 6.06. The van der Waals surface area contributed by atoms with Crippen molar-refractivity contribution in [2.45, 2.75) is 26.7 Å². The van der Waals surface area contributed by atoms with Gasteiger partial charge < -0.3 is 4.74 Å². The minimum atomic E-state index is 0.418. The zero-order chi connectivity index (χ0) is 13.1. The maximum Gasteiger partial charge on any atom is 0.150 e. The average molecular weight is 262 g/mol. The lowest BCUT2D eigenvalue weighted by atomic mass is 10.1. The molecule has 0 bridgehead atoms. The molecule has 0 fully saturated rings. The number of nitrogens with zero attached hydrogens (tertiary/aromatic N) is 1. The van der Waals surface area contributed by atoms with E-state index in [9.17, 15) is 0 Å². The summed E-state index contributed by atoms with van der Waals surface area (Å²) in [6.07, 6.45) is 3.42. The molecule has 1 aromatic carbocycles. The second-order valence-electron chi connectivity index (χ2n) is 4.42. The van der Waals surface area contributed by atoms with Gasteiger partial charge in [-0.2, -0.15) is 0 Å². The highest BCUT2D eigenvalue weighted by Crippen LogP contribution is 2.30. The number of benzene rings is 1. The Morgan fingerprint density at radius 1 is 1.17 bits per heavy atom. The Kier molecular flexibility index (Phi) is 3.87. The molecule has 1 heterocycles. The van der Waals surface area contributed by atoms with Gasteiger partial charge >= 0.3 is 0 Å². The van der Waals surface area contributed by atoms with Crippen LogP contribution in [0.25, 0.3) is 0 Å². The molecule has 0 amide bonds. The van der Waals surface area contributed by atoms with Crippen LogP contribution in [-0.2, 0) is 5.88 Å². The maximum absolute atomic E-state index is 5.95. The topological polar surface area (TPSA) is 22.1 Å². The molecular weight excluding hydrogens is 246 g/mol. The molecule has 0 aliphatic heterocycles. The van der Waals surface area contributed by atoms with Gasteiger partial charge in [0.1, 0.15) is 11.5 Å². The molecule has 0 spiro atoms. The van der Waals surface area contributed by atoms with Crippen LogP contribution in [0.1, 0.15) is 22.3 Å². The molecule has 0 saturated carbocycles.